The lowest BCUT2D eigenvalue weighted by molar-refractivity contribution is 0.414. The van der Waals surface area contributed by atoms with Gasteiger partial charge in [-0.1, -0.05) is 0 Å². The van der Waals surface area contributed by atoms with E-state index in [0.29, 0.717) is 23.9 Å². The third-order valence-corrected chi connectivity index (χ3v) is 5.59. The summed E-state index contributed by atoms with van der Waals surface area (Å²) in [6.45, 7) is 4.12. The Morgan fingerprint density at radius 3 is 2.59 bits per heavy atom. The smallest absolute Gasteiger partial charge is 0.235 e. The molecule has 2 aliphatic heterocycles. The number of aromatic nitrogens is 5. The molecule has 2 saturated heterocycles. The lowest BCUT2D eigenvalue weighted by Crippen LogP contribution is -2.26. The molecule has 0 aromatic carbocycles. The largest absolute Gasteiger partial charge is 0.350 e. The first-order valence-corrected chi connectivity index (χ1v) is 10.0. The Kier molecular flexibility index (Phi) is 4.31. The summed E-state index contributed by atoms with van der Waals surface area (Å²) < 4.78 is 0. The maximum absolute atomic E-state index is 4.69. The Balaban J connectivity index is 1.37. The number of nitrogens with one attached hydrogen (secondary N) is 3. The summed E-state index contributed by atoms with van der Waals surface area (Å²) >= 11 is 0. The fourth-order valence-corrected chi connectivity index (χ4v) is 3.90. The second kappa shape index (κ2) is 6.95. The van der Waals surface area contributed by atoms with Crippen molar-refractivity contribution in [1.82, 2.24) is 30.0 Å². The highest BCUT2D eigenvalue weighted by molar-refractivity contribution is 5.53. The Hall–Kier alpha value is -2.42. The molecule has 1 atom stereocenters. The van der Waals surface area contributed by atoms with Crippen molar-refractivity contribution < 1.29 is 0 Å². The van der Waals surface area contributed by atoms with Crippen molar-refractivity contribution in [3.05, 3.63) is 11.8 Å². The van der Waals surface area contributed by atoms with Crippen molar-refractivity contribution in [2.75, 3.05) is 48.8 Å². The van der Waals surface area contributed by atoms with Gasteiger partial charge in [0.2, 0.25) is 17.8 Å². The van der Waals surface area contributed by atoms with Crippen LogP contribution >= 0.6 is 0 Å². The molecule has 3 N–H and O–H groups in total. The summed E-state index contributed by atoms with van der Waals surface area (Å²) in [5.74, 6) is 3.35. The highest BCUT2D eigenvalue weighted by Gasteiger charge is 2.26. The monoisotopic (exact) mass is 369 g/mol. The molecule has 3 aliphatic rings. The highest BCUT2D eigenvalue weighted by Crippen LogP contribution is 2.39. The van der Waals surface area contributed by atoms with E-state index in [1.165, 1.54) is 31.4 Å². The van der Waals surface area contributed by atoms with Gasteiger partial charge in [0.25, 0.3) is 0 Å². The maximum Gasteiger partial charge on any atom is 0.235 e. The van der Waals surface area contributed by atoms with Gasteiger partial charge in [0.15, 0.2) is 5.82 Å². The molecule has 1 aliphatic carbocycles. The molecule has 0 amide bonds. The van der Waals surface area contributed by atoms with Crippen molar-refractivity contribution in [3.63, 3.8) is 0 Å². The Labute approximate surface area is 159 Å². The van der Waals surface area contributed by atoms with Gasteiger partial charge in [-0.25, -0.2) is 0 Å². The topological polar surface area (TPSA) is 97.9 Å². The van der Waals surface area contributed by atoms with Crippen molar-refractivity contribution in [2.24, 2.45) is 0 Å². The van der Waals surface area contributed by atoms with Crippen LogP contribution in [0.25, 0.3) is 0 Å². The zero-order valence-corrected chi connectivity index (χ0v) is 15.8. The van der Waals surface area contributed by atoms with E-state index in [9.17, 15) is 0 Å². The summed E-state index contributed by atoms with van der Waals surface area (Å²) in [6, 6.07) is 2.44. The van der Waals surface area contributed by atoms with Crippen LogP contribution in [0.15, 0.2) is 6.07 Å². The van der Waals surface area contributed by atoms with E-state index in [0.717, 1.165) is 44.4 Å². The van der Waals surface area contributed by atoms with Crippen LogP contribution < -0.4 is 15.5 Å². The van der Waals surface area contributed by atoms with Gasteiger partial charge in [-0.15, -0.1) is 0 Å². The first kappa shape index (κ1) is 16.7. The lowest BCUT2D eigenvalue weighted by Gasteiger charge is -2.18. The molecule has 1 saturated carbocycles. The van der Waals surface area contributed by atoms with E-state index >= 15 is 0 Å². The number of nitrogens with zero attached hydrogens (tertiary/aromatic N) is 6. The van der Waals surface area contributed by atoms with Crippen LogP contribution in [0.5, 0.6) is 0 Å². The summed E-state index contributed by atoms with van der Waals surface area (Å²) in [5, 5.41) is 14.2. The molecule has 3 fully saturated rings. The maximum atomic E-state index is 4.69. The number of H-pyrrole nitrogens is 1. The standard InChI is InChI=1S/C18H27N9/c1-26-9-6-13(11-26)19-16-21-17(23-18(22-16)27-7-2-3-8-27)20-15-10-14(24-25-15)12-4-5-12/h10,12-13H,2-9,11H2,1H3,(H3,19,20,21,22,23,24,25). The van der Waals surface area contributed by atoms with Gasteiger partial charge in [0, 0.05) is 43.4 Å². The first-order valence-electron chi connectivity index (χ1n) is 10.0. The quantitative estimate of drug-likeness (QED) is 0.711. The van der Waals surface area contributed by atoms with Crippen LogP contribution in [0.1, 0.15) is 43.7 Å². The average Bonchev–Trinajstić information content (AvgIpc) is 3.04. The molecule has 2 aromatic heterocycles. The van der Waals surface area contributed by atoms with Gasteiger partial charge in [-0.05, 0) is 45.7 Å². The van der Waals surface area contributed by atoms with Gasteiger partial charge in [0.1, 0.15) is 0 Å². The van der Waals surface area contributed by atoms with E-state index < -0.39 is 0 Å². The second-order valence-corrected chi connectivity index (χ2v) is 7.98. The van der Waals surface area contributed by atoms with E-state index in [1.807, 2.05) is 0 Å². The number of hydrogen-bond acceptors (Lipinski definition) is 8. The van der Waals surface area contributed by atoms with E-state index in [2.05, 4.69) is 53.7 Å². The zero-order valence-electron chi connectivity index (χ0n) is 15.8. The number of hydrogen-bond donors (Lipinski definition) is 3. The summed E-state index contributed by atoms with van der Waals surface area (Å²) in [4.78, 5) is 18.5. The summed E-state index contributed by atoms with van der Waals surface area (Å²) in [5.41, 5.74) is 1.19. The third-order valence-electron chi connectivity index (χ3n) is 5.59. The Morgan fingerprint density at radius 2 is 1.85 bits per heavy atom. The molecule has 0 bridgehead atoms. The molecule has 4 heterocycles. The molecule has 144 valence electrons. The molecule has 5 rings (SSSR count). The molecule has 9 nitrogen and oxygen atoms in total. The van der Waals surface area contributed by atoms with Crippen LogP contribution in [-0.2, 0) is 0 Å². The predicted octanol–water partition coefficient (Wildman–Crippen LogP) is 1.93. The minimum absolute atomic E-state index is 0.378. The van der Waals surface area contributed by atoms with Gasteiger partial charge < -0.3 is 20.4 Å². The Morgan fingerprint density at radius 1 is 1.04 bits per heavy atom. The molecule has 0 radical (unpaired) electrons. The number of likely N-dealkylation sites (N-methyl/N-ethyl adjacent to an activating group) is 1. The molecular weight excluding hydrogens is 342 g/mol. The van der Waals surface area contributed by atoms with Crippen molar-refractivity contribution in [3.8, 4) is 0 Å². The molecule has 9 heteroatoms. The van der Waals surface area contributed by atoms with Gasteiger partial charge in [0.05, 0.1) is 0 Å². The van der Waals surface area contributed by atoms with Gasteiger partial charge in [-0.3, -0.25) is 5.10 Å². The molecule has 2 aromatic rings. The number of rotatable bonds is 6. The van der Waals surface area contributed by atoms with Crippen LogP contribution in [-0.4, -0.2) is 69.3 Å². The number of likely N-dealkylation sites (tertiary alicyclic amines) is 1. The fourth-order valence-electron chi connectivity index (χ4n) is 3.90. The second-order valence-electron chi connectivity index (χ2n) is 7.98. The van der Waals surface area contributed by atoms with Crippen molar-refractivity contribution in [1.29, 1.82) is 0 Å². The van der Waals surface area contributed by atoms with E-state index in [4.69, 9.17) is 4.98 Å². The lowest BCUT2D eigenvalue weighted by atomic mass is 10.3. The number of aromatic amines is 1. The normalized spacial score (nSPS) is 23.1. The van der Waals surface area contributed by atoms with E-state index in [1.54, 1.807) is 0 Å². The molecule has 0 spiro atoms. The van der Waals surface area contributed by atoms with E-state index in [-0.39, 0.29) is 0 Å². The van der Waals surface area contributed by atoms with Crippen molar-refractivity contribution >= 4 is 23.7 Å². The minimum Gasteiger partial charge on any atom is -0.350 e. The average molecular weight is 369 g/mol. The van der Waals surface area contributed by atoms with Crippen LogP contribution in [0.4, 0.5) is 23.7 Å². The third kappa shape index (κ3) is 3.83. The molecular formula is C18H27N9. The molecule has 1 unspecified atom stereocenters. The number of anilines is 4. The summed E-state index contributed by atoms with van der Waals surface area (Å²) in [6.07, 6.45) is 5.98. The van der Waals surface area contributed by atoms with Gasteiger partial charge >= 0.3 is 0 Å². The molecule has 27 heavy (non-hydrogen) atoms. The zero-order chi connectivity index (χ0) is 18.2. The van der Waals surface area contributed by atoms with Crippen molar-refractivity contribution in [2.45, 2.75) is 44.1 Å². The van der Waals surface area contributed by atoms with Crippen LogP contribution in [0.2, 0.25) is 0 Å². The Bertz CT molecular complexity index is 794. The highest BCUT2D eigenvalue weighted by atomic mass is 15.3. The minimum atomic E-state index is 0.378. The van der Waals surface area contributed by atoms with Gasteiger partial charge in [-0.2, -0.15) is 20.1 Å². The first-order chi connectivity index (χ1) is 13.2. The fraction of sp³-hybridized carbons (Fsp3) is 0.667. The van der Waals surface area contributed by atoms with Crippen LogP contribution in [0, 0.1) is 0 Å². The predicted molar refractivity (Wildman–Crippen MR) is 105 cm³/mol. The summed E-state index contributed by atoms with van der Waals surface area (Å²) in [7, 11) is 2.15. The van der Waals surface area contributed by atoms with Crippen LogP contribution in [0.3, 0.4) is 0 Å². The SMILES string of the molecule is CN1CCC(Nc2nc(Nc3cc(C4CC4)[nH]n3)nc(N3CCCC3)n2)C1.